The Bertz CT molecular complexity index is 407. The van der Waals surface area contributed by atoms with Crippen molar-refractivity contribution in [2.24, 2.45) is 0 Å². The summed E-state index contributed by atoms with van der Waals surface area (Å²) in [5.74, 6) is -1.04. The second-order valence-corrected chi connectivity index (χ2v) is 5.89. The molecule has 3 unspecified atom stereocenters. The predicted molar refractivity (Wildman–Crippen MR) is 73.7 cm³/mol. The molecule has 0 radical (unpaired) electrons. The van der Waals surface area contributed by atoms with E-state index in [-0.39, 0.29) is 17.3 Å². The van der Waals surface area contributed by atoms with Crippen molar-refractivity contribution >= 4 is 11.6 Å². The smallest absolute Gasteiger partial charge is 0.195 e. The Morgan fingerprint density at radius 2 is 2.11 bits per heavy atom. The molecule has 19 heavy (non-hydrogen) atoms. The van der Waals surface area contributed by atoms with E-state index in [1.165, 1.54) is 12.1 Å². The number of hydrogen-bond donors (Lipinski definition) is 0. The van der Waals surface area contributed by atoms with E-state index < -0.39 is 5.79 Å². The number of halogens is 2. The van der Waals surface area contributed by atoms with Gasteiger partial charge in [-0.25, -0.2) is 4.39 Å². The van der Waals surface area contributed by atoms with Gasteiger partial charge in [-0.2, -0.15) is 0 Å². The van der Waals surface area contributed by atoms with Gasteiger partial charge in [-0.1, -0.05) is 12.1 Å². The molecule has 1 aromatic rings. The van der Waals surface area contributed by atoms with Crippen molar-refractivity contribution in [1.82, 2.24) is 0 Å². The Morgan fingerprint density at radius 3 is 2.68 bits per heavy atom. The molecule has 1 heterocycles. The number of hydrogen-bond acceptors (Lipinski definition) is 2. The highest BCUT2D eigenvalue weighted by Crippen LogP contribution is 2.38. The molecule has 3 atom stereocenters. The fraction of sp³-hybridized carbons (Fsp3) is 0.600. The van der Waals surface area contributed by atoms with Crippen LogP contribution in [0.3, 0.4) is 0 Å². The van der Waals surface area contributed by atoms with Crippen molar-refractivity contribution in [2.45, 2.75) is 50.4 Å². The van der Waals surface area contributed by atoms with Crippen LogP contribution in [0.4, 0.5) is 4.39 Å². The summed E-state index contributed by atoms with van der Waals surface area (Å²) in [5, 5.41) is 0.0572. The van der Waals surface area contributed by atoms with Gasteiger partial charge in [0.05, 0.1) is 12.7 Å². The molecule has 1 fully saturated rings. The van der Waals surface area contributed by atoms with E-state index in [0.717, 1.165) is 18.4 Å². The molecule has 1 aliphatic rings. The van der Waals surface area contributed by atoms with Gasteiger partial charge in [-0.05, 0) is 38.8 Å². The van der Waals surface area contributed by atoms with Gasteiger partial charge in [0.25, 0.3) is 0 Å². The van der Waals surface area contributed by atoms with Crippen molar-refractivity contribution in [3.63, 3.8) is 0 Å². The molecule has 0 aliphatic carbocycles. The topological polar surface area (TPSA) is 18.5 Å². The van der Waals surface area contributed by atoms with Crippen LogP contribution in [0.1, 0.15) is 38.7 Å². The van der Waals surface area contributed by atoms with Gasteiger partial charge < -0.3 is 9.47 Å². The lowest BCUT2D eigenvalue weighted by molar-refractivity contribution is -0.303. The van der Waals surface area contributed by atoms with Gasteiger partial charge in [0, 0.05) is 17.4 Å². The van der Waals surface area contributed by atoms with Crippen molar-refractivity contribution in [3.05, 3.63) is 35.6 Å². The first-order valence-electron chi connectivity index (χ1n) is 6.74. The molecule has 0 aromatic heterocycles. The zero-order chi connectivity index (χ0) is 13.9. The summed E-state index contributed by atoms with van der Waals surface area (Å²) in [6.45, 7) is 4.63. The Labute approximate surface area is 118 Å². The summed E-state index contributed by atoms with van der Waals surface area (Å²) in [7, 11) is 0. The van der Waals surface area contributed by atoms with Crippen LogP contribution < -0.4 is 0 Å². The molecule has 2 nitrogen and oxygen atoms in total. The second-order valence-electron chi connectivity index (χ2n) is 5.14. The molecule has 0 bridgehead atoms. The first-order valence-corrected chi connectivity index (χ1v) is 7.17. The molecule has 1 aromatic carbocycles. The third-order valence-corrected chi connectivity index (χ3v) is 3.62. The van der Waals surface area contributed by atoms with Crippen molar-refractivity contribution in [3.8, 4) is 0 Å². The molecule has 2 rings (SSSR count). The maximum atomic E-state index is 13.1. The SMILES string of the molecule is CC(Cl)CCC1(c2ccc(F)cc2)OCCC(C)O1. The number of alkyl halides is 1. The highest BCUT2D eigenvalue weighted by atomic mass is 35.5. The van der Waals surface area contributed by atoms with Gasteiger partial charge in [0.15, 0.2) is 5.79 Å². The van der Waals surface area contributed by atoms with E-state index in [4.69, 9.17) is 21.1 Å². The van der Waals surface area contributed by atoms with Gasteiger partial charge in [-0.15, -0.1) is 11.6 Å². The normalized spacial score (nSPS) is 29.2. The lowest BCUT2D eigenvalue weighted by Crippen LogP contribution is -2.41. The van der Waals surface area contributed by atoms with Crippen LogP contribution in [0.25, 0.3) is 0 Å². The molecule has 1 aliphatic heterocycles. The van der Waals surface area contributed by atoms with Crippen LogP contribution >= 0.6 is 11.6 Å². The monoisotopic (exact) mass is 286 g/mol. The third-order valence-electron chi connectivity index (χ3n) is 3.41. The average molecular weight is 287 g/mol. The minimum absolute atomic E-state index is 0.0572. The van der Waals surface area contributed by atoms with Crippen LogP contribution in [-0.4, -0.2) is 18.1 Å². The van der Waals surface area contributed by atoms with Crippen molar-refractivity contribution in [2.75, 3.05) is 6.61 Å². The van der Waals surface area contributed by atoms with E-state index in [9.17, 15) is 4.39 Å². The Hall–Kier alpha value is -0.640. The van der Waals surface area contributed by atoms with Crippen LogP contribution in [0.2, 0.25) is 0 Å². The molecule has 0 N–H and O–H groups in total. The van der Waals surface area contributed by atoms with E-state index in [0.29, 0.717) is 13.0 Å². The Kier molecular flexibility index (Phi) is 4.82. The van der Waals surface area contributed by atoms with Gasteiger partial charge >= 0.3 is 0 Å². The van der Waals surface area contributed by atoms with E-state index in [1.54, 1.807) is 12.1 Å². The maximum Gasteiger partial charge on any atom is 0.195 e. The summed E-state index contributed by atoms with van der Waals surface area (Å²) in [4.78, 5) is 0. The number of rotatable bonds is 4. The average Bonchev–Trinajstić information content (AvgIpc) is 2.37. The summed E-state index contributed by atoms with van der Waals surface area (Å²) < 4.78 is 25.0. The van der Waals surface area contributed by atoms with E-state index in [1.807, 2.05) is 13.8 Å². The molecule has 0 spiro atoms. The second kappa shape index (κ2) is 6.21. The van der Waals surface area contributed by atoms with Crippen LogP contribution in [0.15, 0.2) is 24.3 Å². The Morgan fingerprint density at radius 1 is 1.42 bits per heavy atom. The fourth-order valence-electron chi connectivity index (χ4n) is 2.33. The zero-order valence-electron chi connectivity index (χ0n) is 11.4. The van der Waals surface area contributed by atoms with E-state index in [2.05, 4.69) is 0 Å². The maximum absolute atomic E-state index is 13.1. The highest BCUT2D eigenvalue weighted by molar-refractivity contribution is 6.20. The summed E-state index contributed by atoms with van der Waals surface area (Å²) in [6.07, 6.45) is 2.46. The van der Waals surface area contributed by atoms with Crippen molar-refractivity contribution < 1.29 is 13.9 Å². The zero-order valence-corrected chi connectivity index (χ0v) is 12.1. The lowest BCUT2D eigenvalue weighted by atomic mass is 9.97. The minimum atomic E-state index is -0.783. The Balaban J connectivity index is 2.24. The third kappa shape index (κ3) is 3.68. The summed E-state index contributed by atoms with van der Waals surface area (Å²) in [5.41, 5.74) is 0.859. The minimum Gasteiger partial charge on any atom is -0.346 e. The van der Waals surface area contributed by atoms with Crippen LogP contribution in [-0.2, 0) is 15.3 Å². The fourth-order valence-corrected chi connectivity index (χ4v) is 2.44. The first kappa shape index (κ1) is 14.8. The largest absolute Gasteiger partial charge is 0.346 e. The highest BCUT2D eigenvalue weighted by Gasteiger charge is 2.39. The number of benzene rings is 1. The van der Waals surface area contributed by atoms with Gasteiger partial charge in [0.1, 0.15) is 5.82 Å². The molecular formula is C15H20ClFO2. The van der Waals surface area contributed by atoms with E-state index >= 15 is 0 Å². The van der Waals surface area contributed by atoms with Crippen LogP contribution in [0, 0.1) is 5.82 Å². The molecule has 4 heteroatoms. The molecule has 1 saturated heterocycles. The van der Waals surface area contributed by atoms with Crippen molar-refractivity contribution in [1.29, 1.82) is 0 Å². The van der Waals surface area contributed by atoms with Crippen LogP contribution in [0.5, 0.6) is 0 Å². The van der Waals surface area contributed by atoms with Gasteiger partial charge in [0.2, 0.25) is 0 Å². The molecule has 106 valence electrons. The summed E-state index contributed by atoms with van der Waals surface area (Å²) >= 11 is 6.04. The number of ether oxygens (including phenoxy) is 2. The lowest BCUT2D eigenvalue weighted by Gasteiger charge is -2.41. The predicted octanol–water partition coefficient (Wildman–Crippen LogP) is 4.21. The summed E-state index contributed by atoms with van der Waals surface area (Å²) in [6, 6.07) is 6.33. The quantitative estimate of drug-likeness (QED) is 0.772. The molecular weight excluding hydrogens is 267 g/mol. The molecule has 0 saturated carbocycles. The van der Waals surface area contributed by atoms with Gasteiger partial charge in [-0.3, -0.25) is 0 Å². The first-order chi connectivity index (χ1) is 9.02. The standard InChI is InChI=1S/C15H20ClFO2/c1-11(16)7-9-15(18-10-8-12(2)19-15)13-3-5-14(17)6-4-13/h3-6,11-12H,7-10H2,1-2H3. The molecule has 0 amide bonds.